The number of rotatable bonds is 12. The SMILES string of the molecule is O[C@H]1[C@H](O)[C@@H](OCc2ccccc2)[C@@H](OCc2ccccc2)[C@H](OCc2ccccc2)[C@@H]1OCc1ccccc1. The Bertz CT molecular complexity index is 1150. The third-order valence-electron chi connectivity index (χ3n) is 7.14. The maximum atomic E-state index is 11.4. The molecule has 0 amide bonds. The molecule has 0 aromatic heterocycles. The van der Waals surface area contributed by atoms with Crippen molar-refractivity contribution in [1.29, 1.82) is 0 Å². The van der Waals surface area contributed by atoms with Gasteiger partial charge >= 0.3 is 0 Å². The molecule has 1 saturated carbocycles. The maximum Gasteiger partial charge on any atom is 0.116 e. The van der Waals surface area contributed by atoms with Crippen molar-refractivity contribution in [2.45, 2.75) is 63.1 Å². The van der Waals surface area contributed by atoms with Gasteiger partial charge < -0.3 is 29.2 Å². The van der Waals surface area contributed by atoms with Gasteiger partial charge in [0.2, 0.25) is 0 Å². The van der Waals surface area contributed by atoms with Gasteiger partial charge in [0.1, 0.15) is 36.6 Å². The minimum atomic E-state index is -1.25. The van der Waals surface area contributed by atoms with Crippen molar-refractivity contribution in [3.63, 3.8) is 0 Å². The van der Waals surface area contributed by atoms with Crippen LogP contribution in [0.4, 0.5) is 0 Å². The number of hydrogen-bond donors (Lipinski definition) is 2. The van der Waals surface area contributed by atoms with Gasteiger partial charge in [0.15, 0.2) is 0 Å². The molecule has 6 nitrogen and oxygen atoms in total. The number of aliphatic hydroxyl groups excluding tert-OH is 2. The van der Waals surface area contributed by atoms with Crippen LogP contribution in [0.25, 0.3) is 0 Å². The monoisotopic (exact) mass is 540 g/mol. The molecule has 2 N–H and O–H groups in total. The maximum absolute atomic E-state index is 11.4. The van der Waals surface area contributed by atoms with Gasteiger partial charge in [-0.2, -0.15) is 0 Å². The smallest absolute Gasteiger partial charge is 0.116 e. The Balaban J connectivity index is 1.42. The summed E-state index contributed by atoms with van der Waals surface area (Å²) in [5.41, 5.74) is 3.87. The fourth-order valence-corrected chi connectivity index (χ4v) is 4.98. The fourth-order valence-electron chi connectivity index (χ4n) is 4.98. The summed E-state index contributed by atoms with van der Waals surface area (Å²) in [5.74, 6) is 0. The zero-order valence-electron chi connectivity index (χ0n) is 22.4. The number of ether oxygens (including phenoxy) is 4. The number of hydrogen-bond acceptors (Lipinski definition) is 6. The molecule has 208 valence electrons. The van der Waals surface area contributed by atoms with E-state index in [-0.39, 0.29) is 26.4 Å². The third-order valence-corrected chi connectivity index (χ3v) is 7.14. The first-order chi connectivity index (χ1) is 19.7. The fraction of sp³-hybridized carbons (Fsp3) is 0.294. The zero-order valence-corrected chi connectivity index (χ0v) is 22.4. The molecule has 0 radical (unpaired) electrons. The van der Waals surface area contributed by atoms with Crippen molar-refractivity contribution >= 4 is 0 Å². The molecule has 1 fully saturated rings. The topological polar surface area (TPSA) is 77.4 Å². The Hall–Kier alpha value is -3.36. The molecule has 0 heterocycles. The van der Waals surface area contributed by atoms with E-state index in [2.05, 4.69) is 0 Å². The predicted molar refractivity (Wildman–Crippen MR) is 152 cm³/mol. The molecule has 1 aliphatic carbocycles. The normalized spacial score (nSPS) is 24.6. The summed E-state index contributed by atoms with van der Waals surface area (Å²) in [6, 6.07) is 39.1. The first kappa shape index (κ1) is 28.2. The lowest BCUT2D eigenvalue weighted by molar-refractivity contribution is -0.273. The second-order valence-corrected chi connectivity index (χ2v) is 10.0. The molecule has 4 aromatic rings. The van der Waals surface area contributed by atoms with Crippen LogP contribution in [-0.4, -0.2) is 46.8 Å². The standard InChI is InChI=1S/C34H36O6/c35-29-30(36)32(38-22-26-15-7-2-8-16-26)34(40-24-28-19-11-4-12-20-28)33(39-23-27-17-9-3-10-18-27)31(29)37-21-25-13-5-1-6-14-25/h1-20,29-36H,21-24H2/t29-,30-,31+,32+,33+,34+/m0/s1. The van der Waals surface area contributed by atoms with Crippen LogP contribution in [0.1, 0.15) is 22.3 Å². The molecule has 0 spiro atoms. The van der Waals surface area contributed by atoms with E-state index >= 15 is 0 Å². The van der Waals surface area contributed by atoms with Crippen LogP contribution in [0.5, 0.6) is 0 Å². The minimum absolute atomic E-state index is 0.251. The lowest BCUT2D eigenvalue weighted by Crippen LogP contribution is -2.66. The highest BCUT2D eigenvalue weighted by Gasteiger charge is 2.52. The number of benzene rings is 4. The first-order valence-corrected chi connectivity index (χ1v) is 13.7. The molecule has 1 aliphatic rings. The van der Waals surface area contributed by atoms with Gasteiger partial charge in [-0.15, -0.1) is 0 Å². The summed E-state index contributed by atoms with van der Waals surface area (Å²) >= 11 is 0. The highest BCUT2D eigenvalue weighted by Crippen LogP contribution is 2.32. The Morgan fingerprint density at radius 1 is 0.350 bits per heavy atom. The van der Waals surface area contributed by atoms with Crippen LogP contribution in [0, 0.1) is 0 Å². The van der Waals surface area contributed by atoms with Crippen molar-refractivity contribution < 1.29 is 29.2 Å². The van der Waals surface area contributed by atoms with E-state index in [9.17, 15) is 10.2 Å². The summed E-state index contributed by atoms with van der Waals surface area (Å²) in [4.78, 5) is 0. The van der Waals surface area contributed by atoms with Crippen LogP contribution in [0.3, 0.4) is 0 Å². The van der Waals surface area contributed by atoms with Gasteiger partial charge in [-0.05, 0) is 22.3 Å². The van der Waals surface area contributed by atoms with Gasteiger partial charge in [0.25, 0.3) is 0 Å². The Kier molecular flexibility index (Phi) is 10.1. The molecule has 5 rings (SSSR count). The van der Waals surface area contributed by atoms with Crippen molar-refractivity contribution in [2.24, 2.45) is 0 Å². The number of aliphatic hydroxyl groups is 2. The summed E-state index contributed by atoms with van der Waals surface area (Å²) in [6.07, 6.45) is -5.63. The van der Waals surface area contributed by atoms with Crippen molar-refractivity contribution in [2.75, 3.05) is 0 Å². The highest BCUT2D eigenvalue weighted by molar-refractivity contribution is 5.17. The molecule has 0 saturated heterocycles. The second-order valence-electron chi connectivity index (χ2n) is 10.0. The van der Waals surface area contributed by atoms with E-state index in [4.69, 9.17) is 18.9 Å². The van der Waals surface area contributed by atoms with E-state index in [1.54, 1.807) is 0 Å². The van der Waals surface area contributed by atoms with Crippen LogP contribution in [0.2, 0.25) is 0 Å². The summed E-state index contributed by atoms with van der Waals surface area (Å²) < 4.78 is 25.5. The lowest BCUT2D eigenvalue weighted by Gasteiger charge is -2.47. The second kappa shape index (κ2) is 14.3. The van der Waals surface area contributed by atoms with Crippen LogP contribution in [-0.2, 0) is 45.4 Å². The van der Waals surface area contributed by atoms with E-state index in [1.807, 2.05) is 121 Å². The summed E-state index contributed by atoms with van der Waals surface area (Å²) in [6.45, 7) is 1.08. The minimum Gasteiger partial charge on any atom is -0.387 e. The Labute approximate surface area is 235 Å². The molecular weight excluding hydrogens is 504 g/mol. The van der Waals surface area contributed by atoms with E-state index < -0.39 is 36.6 Å². The molecule has 4 aromatic carbocycles. The van der Waals surface area contributed by atoms with Crippen LogP contribution in [0.15, 0.2) is 121 Å². The largest absolute Gasteiger partial charge is 0.387 e. The van der Waals surface area contributed by atoms with Gasteiger partial charge in [-0.1, -0.05) is 121 Å². The molecular formula is C34H36O6. The summed E-state index contributed by atoms with van der Waals surface area (Å²) in [7, 11) is 0. The van der Waals surface area contributed by atoms with Crippen LogP contribution >= 0.6 is 0 Å². The van der Waals surface area contributed by atoms with Crippen molar-refractivity contribution in [3.8, 4) is 0 Å². The molecule has 0 unspecified atom stereocenters. The predicted octanol–water partition coefficient (Wildman–Crippen LogP) is 5.06. The van der Waals surface area contributed by atoms with Gasteiger partial charge in [0.05, 0.1) is 26.4 Å². The van der Waals surface area contributed by atoms with E-state index in [0.717, 1.165) is 22.3 Å². The highest BCUT2D eigenvalue weighted by atomic mass is 16.6. The average Bonchev–Trinajstić information content (AvgIpc) is 3.01. The Morgan fingerprint density at radius 3 is 0.825 bits per heavy atom. The lowest BCUT2D eigenvalue weighted by atomic mass is 9.84. The zero-order chi connectivity index (χ0) is 27.6. The Morgan fingerprint density at radius 2 is 0.575 bits per heavy atom. The average molecular weight is 541 g/mol. The molecule has 40 heavy (non-hydrogen) atoms. The third kappa shape index (κ3) is 7.43. The van der Waals surface area contributed by atoms with E-state index in [0.29, 0.717) is 0 Å². The molecule has 0 aliphatic heterocycles. The van der Waals surface area contributed by atoms with Crippen LogP contribution < -0.4 is 0 Å². The summed E-state index contributed by atoms with van der Waals surface area (Å²) in [5, 5.41) is 22.7. The molecule has 6 atom stereocenters. The van der Waals surface area contributed by atoms with E-state index in [1.165, 1.54) is 0 Å². The quantitative estimate of drug-likeness (QED) is 0.262. The van der Waals surface area contributed by atoms with Gasteiger partial charge in [-0.25, -0.2) is 0 Å². The van der Waals surface area contributed by atoms with Crippen molar-refractivity contribution in [1.82, 2.24) is 0 Å². The van der Waals surface area contributed by atoms with Gasteiger partial charge in [-0.3, -0.25) is 0 Å². The molecule has 0 bridgehead atoms. The van der Waals surface area contributed by atoms with Crippen molar-refractivity contribution in [3.05, 3.63) is 144 Å². The first-order valence-electron chi connectivity index (χ1n) is 13.7. The van der Waals surface area contributed by atoms with Gasteiger partial charge in [0, 0.05) is 0 Å². The molecule has 6 heteroatoms.